The Bertz CT molecular complexity index is 855. The number of rotatable bonds is 4. The van der Waals surface area contributed by atoms with Crippen molar-refractivity contribution in [2.24, 2.45) is 0 Å². The van der Waals surface area contributed by atoms with Gasteiger partial charge in [-0.3, -0.25) is 4.79 Å². The van der Waals surface area contributed by atoms with Gasteiger partial charge in [-0.05, 0) is 31.0 Å². The van der Waals surface area contributed by atoms with Crippen LogP contribution in [-0.4, -0.2) is 27.9 Å². The number of sulfonamides is 1. The van der Waals surface area contributed by atoms with Crippen molar-refractivity contribution >= 4 is 21.6 Å². The summed E-state index contributed by atoms with van der Waals surface area (Å²) in [6, 6.07) is 7.30. The summed E-state index contributed by atoms with van der Waals surface area (Å²) in [6.45, 7) is 2.64. The minimum atomic E-state index is -3.70. The average Bonchev–Trinajstić information content (AvgIpc) is 3.21. The topological polar surface area (TPSA) is 79.6 Å². The van der Waals surface area contributed by atoms with E-state index in [0.29, 0.717) is 6.54 Å². The van der Waals surface area contributed by atoms with Crippen LogP contribution in [0.4, 0.5) is 5.69 Å². The molecule has 1 N–H and O–H groups in total. The van der Waals surface area contributed by atoms with Crippen LogP contribution in [0.3, 0.4) is 0 Å². The van der Waals surface area contributed by atoms with E-state index in [1.165, 1.54) is 19.4 Å². The number of aryl methyl sites for hydroxylation is 1. The van der Waals surface area contributed by atoms with Crippen molar-refractivity contribution in [1.29, 1.82) is 0 Å². The number of fused-ring (bicyclic) bond motifs is 1. The van der Waals surface area contributed by atoms with Crippen molar-refractivity contribution < 1.29 is 17.6 Å². The number of nitrogens with zero attached hydrogens (tertiary/aromatic N) is 1. The lowest BCUT2D eigenvalue weighted by atomic mass is 10.1. The van der Waals surface area contributed by atoms with Crippen LogP contribution < -0.4 is 9.62 Å². The Balaban J connectivity index is 1.96. The minimum Gasteiger partial charge on any atom is -0.451 e. The Labute approximate surface area is 135 Å². The fourth-order valence-corrected chi connectivity index (χ4v) is 3.51. The molecule has 2 heterocycles. The molecule has 3 rings (SSSR count). The summed E-state index contributed by atoms with van der Waals surface area (Å²) < 4.78 is 30.7. The van der Waals surface area contributed by atoms with Crippen LogP contribution in [0.5, 0.6) is 0 Å². The summed E-state index contributed by atoms with van der Waals surface area (Å²) in [5.74, 6) is -0.244. The number of hydrogen-bond donors (Lipinski definition) is 1. The van der Waals surface area contributed by atoms with Crippen LogP contribution in [0.15, 0.2) is 40.0 Å². The van der Waals surface area contributed by atoms with E-state index in [4.69, 9.17) is 4.42 Å². The SMILES string of the molecule is CCc1cccc2c1N(C(=O)c1coc(S(=O)(=O)NC)c1)CC2. The van der Waals surface area contributed by atoms with E-state index < -0.39 is 10.0 Å². The molecule has 6 nitrogen and oxygen atoms in total. The molecule has 2 aromatic rings. The predicted molar refractivity (Wildman–Crippen MR) is 86.2 cm³/mol. The van der Waals surface area contributed by atoms with Crippen molar-refractivity contribution in [3.05, 3.63) is 47.2 Å². The van der Waals surface area contributed by atoms with E-state index in [9.17, 15) is 13.2 Å². The lowest BCUT2D eigenvalue weighted by molar-refractivity contribution is 0.0988. The monoisotopic (exact) mass is 334 g/mol. The zero-order chi connectivity index (χ0) is 16.6. The number of benzene rings is 1. The van der Waals surface area contributed by atoms with Crippen molar-refractivity contribution in [2.45, 2.75) is 24.9 Å². The number of nitrogens with one attached hydrogen (secondary N) is 1. The molecule has 1 aliphatic heterocycles. The summed E-state index contributed by atoms with van der Waals surface area (Å²) in [7, 11) is -2.40. The third-order valence-electron chi connectivity index (χ3n) is 4.06. The molecule has 0 fully saturated rings. The van der Waals surface area contributed by atoms with E-state index in [1.807, 2.05) is 25.1 Å². The van der Waals surface area contributed by atoms with Crippen molar-refractivity contribution in [3.63, 3.8) is 0 Å². The van der Waals surface area contributed by atoms with Crippen molar-refractivity contribution in [1.82, 2.24) is 4.72 Å². The van der Waals surface area contributed by atoms with E-state index in [1.54, 1.807) is 4.90 Å². The molecule has 1 aliphatic rings. The maximum atomic E-state index is 12.8. The molecule has 7 heteroatoms. The van der Waals surface area contributed by atoms with Gasteiger partial charge in [-0.25, -0.2) is 13.1 Å². The second kappa shape index (κ2) is 5.82. The fraction of sp³-hybridized carbons (Fsp3) is 0.312. The van der Waals surface area contributed by atoms with Crippen LogP contribution >= 0.6 is 0 Å². The number of hydrogen-bond acceptors (Lipinski definition) is 4. The van der Waals surface area contributed by atoms with Gasteiger partial charge in [0.2, 0.25) is 5.09 Å². The number of para-hydroxylation sites is 1. The fourth-order valence-electron chi connectivity index (χ4n) is 2.85. The normalized spacial score (nSPS) is 14.1. The smallest absolute Gasteiger partial charge is 0.273 e. The van der Waals surface area contributed by atoms with Gasteiger partial charge in [0, 0.05) is 12.6 Å². The van der Waals surface area contributed by atoms with Gasteiger partial charge in [0.15, 0.2) is 0 Å². The molecule has 0 radical (unpaired) electrons. The molecule has 0 atom stereocenters. The molecule has 1 aromatic carbocycles. The van der Waals surface area contributed by atoms with Gasteiger partial charge in [0.1, 0.15) is 6.26 Å². The highest BCUT2D eigenvalue weighted by Gasteiger charge is 2.29. The lowest BCUT2D eigenvalue weighted by Gasteiger charge is -2.19. The van der Waals surface area contributed by atoms with E-state index in [2.05, 4.69) is 4.72 Å². The van der Waals surface area contributed by atoms with Gasteiger partial charge in [-0.2, -0.15) is 0 Å². The summed E-state index contributed by atoms with van der Waals surface area (Å²) in [5, 5.41) is -0.258. The first-order valence-electron chi connectivity index (χ1n) is 7.42. The number of furan rings is 1. The molecule has 0 saturated carbocycles. The minimum absolute atomic E-state index is 0.234. The van der Waals surface area contributed by atoms with Gasteiger partial charge in [-0.1, -0.05) is 25.1 Å². The molecule has 0 unspecified atom stereocenters. The molecule has 0 bridgehead atoms. The quantitative estimate of drug-likeness (QED) is 0.927. The highest BCUT2D eigenvalue weighted by molar-refractivity contribution is 7.89. The third kappa shape index (κ3) is 2.66. The van der Waals surface area contributed by atoms with Crippen LogP contribution in [0.2, 0.25) is 0 Å². The Morgan fingerprint density at radius 2 is 2.17 bits per heavy atom. The number of carbonyl (C=O) groups is 1. The van der Waals surface area contributed by atoms with Gasteiger partial charge in [0.05, 0.1) is 11.3 Å². The summed E-state index contributed by atoms with van der Waals surface area (Å²) in [6.07, 6.45) is 2.82. The van der Waals surface area contributed by atoms with Crippen LogP contribution in [0.1, 0.15) is 28.4 Å². The van der Waals surface area contributed by atoms with E-state index in [0.717, 1.165) is 29.7 Å². The summed E-state index contributed by atoms with van der Waals surface area (Å²) >= 11 is 0. The van der Waals surface area contributed by atoms with Crippen molar-refractivity contribution in [3.8, 4) is 0 Å². The van der Waals surface area contributed by atoms with Crippen LogP contribution in [0.25, 0.3) is 0 Å². The van der Waals surface area contributed by atoms with Gasteiger partial charge >= 0.3 is 0 Å². The standard InChI is InChI=1S/C16H18N2O4S/c1-3-11-5-4-6-12-7-8-18(15(11)12)16(19)13-9-14(22-10-13)23(20,21)17-2/h4-6,9-10,17H,3,7-8H2,1-2H3. The Kier molecular flexibility index (Phi) is 3.99. The van der Waals surface area contributed by atoms with Crippen LogP contribution in [0, 0.1) is 0 Å². The molecule has 23 heavy (non-hydrogen) atoms. The molecule has 122 valence electrons. The molecule has 1 aromatic heterocycles. The Hall–Kier alpha value is -2.12. The highest BCUT2D eigenvalue weighted by Crippen LogP contribution is 2.33. The third-order valence-corrected chi connectivity index (χ3v) is 5.34. The first-order valence-corrected chi connectivity index (χ1v) is 8.91. The first-order chi connectivity index (χ1) is 11.0. The van der Waals surface area contributed by atoms with E-state index in [-0.39, 0.29) is 16.6 Å². The Morgan fingerprint density at radius 3 is 2.87 bits per heavy atom. The lowest BCUT2D eigenvalue weighted by Crippen LogP contribution is -2.29. The molecule has 0 aliphatic carbocycles. The van der Waals surface area contributed by atoms with Gasteiger partial charge in [0.25, 0.3) is 15.9 Å². The predicted octanol–water partition coefficient (Wildman–Crippen LogP) is 1.95. The molecular weight excluding hydrogens is 316 g/mol. The zero-order valence-corrected chi connectivity index (χ0v) is 13.8. The number of anilines is 1. The largest absolute Gasteiger partial charge is 0.451 e. The maximum Gasteiger partial charge on any atom is 0.273 e. The number of carbonyl (C=O) groups excluding carboxylic acids is 1. The Morgan fingerprint density at radius 1 is 1.39 bits per heavy atom. The van der Waals surface area contributed by atoms with Gasteiger partial charge < -0.3 is 9.32 Å². The van der Waals surface area contributed by atoms with Gasteiger partial charge in [-0.15, -0.1) is 0 Å². The summed E-state index contributed by atoms with van der Waals surface area (Å²) in [4.78, 5) is 14.5. The maximum absolute atomic E-state index is 12.8. The summed E-state index contributed by atoms with van der Waals surface area (Å²) in [5.41, 5.74) is 3.43. The molecule has 0 spiro atoms. The second-order valence-electron chi connectivity index (χ2n) is 5.35. The second-order valence-corrected chi connectivity index (χ2v) is 7.16. The highest BCUT2D eigenvalue weighted by atomic mass is 32.2. The molecular formula is C16H18N2O4S. The first kappa shape index (κ1) is 15.8. The molecule has 1 amide bonds. The molecule has 0 saturated heterocycles. The zero-order valence-electron chi connectivity index (χ0n) is 13.0. The van der Waals surface area contributed by atoms with Crippen molar-refractivity contribution in [2.75, 3.05) is 18.5 Å². The van der Waals surface area contributed by atoms with E-state index >= 15 is 0 Å². The van der Waals surface area contributed by atoms with Crippen LogP contribution in [-0.2, 0) is 22.9 Å². The average molecular weight is 334 g/mol. The number of amides is 1.